The van der Waals surface area contributed by atoms with E-state index in [1.807, 2.05) is 0 Å². The summed E-state index contributed by atoms with van der Waals surface area (Å²) >= 11 is 1.51. The summed E-state index contributed by atoms with van der Waals surface area (Å²) in [5.41, 5.74) is 0.430. The molecule has 0 amide bonds. The zero-order valence-electron chi connectivity index (χ0n) is 10.1. The van der Waals surface area contributed by atoms with Crippen molar-refractivity contribution in [1.82, 2.24) is 5.32 Å². The van der Waals surface area contributed by atoms with E-state index >= 15 is 0 Å². The zero-order chi connectivity index (χ0) is 12.7. The SMILES string of the molecule is CCOC(=O)C1=CSCC(=NCCC(C)O)N1. The Morgan fingerprint density at radius 3 is 3.18 bits per heavy atom. The molecule has 0 fully saturated rings. The second-order valence-corrected chi connectivity index (χ2v) is 4.51. The molecule has 0 aromatic carbocycles. The number of carbonyl (C=O) groups is 1. The van der Waals surface area contributed by atoms with Crippen molar-refractivity contribution < 1.29 is 14.6 Å². The number of aliphatic imine (C=N–C) groups is 1. The molecule has 0 aromatic rings. The van der Waals surface area contributed by atoms with Crippen molar-refractivity contribution >= 4 is 23.6 Å². The summed E-state index contributed by atoms with van der Waals surface area (Å²) in [6.07, 6.45) is 0.268. The molecule has 0 saturated heterocycles. The van der Waals surface area contributed by atoms with E-state index in [0.29, 0.717) is 31.0 Å². The average Bonchev–Trinajstić information content (AvgIpc) is 2.29. The van der Waals surface area contributed by atoms with Crippen molar-refractivity contribution in [3.8, 4) is 0 Å². The Labute approximate surface area is 105 Å². The number of carbonyl (C=O) groups excluding carboxylic acids is 1. The van der Waals surface area contributed by atoms with E-state index in [0.717, 1.165) is 5.84 Å². The van der Waals surface area contributed by atoms with E-state index < -0.39 is 0 Å². The van der Waals surface area contributed by atoms with Gasteiger partial charge in [0.15, 0.2) is 0 Å². The highest BCUT2D eigenvalue weighted by atomic mass is 32.2. The molecule has 0 spiro atoms. The number of aliphatic hydroxyl groups is 1. The van der Waals surface area contributed by atoms with Gasteiger partial charge in [0.2, 0.25) is 0 Å². The van der Waals surface area contributed by atoms with Gasteiger partial charge < -0.3 is 15.2 Å². The largest absolute Gasteiger partial charge is 0.461 e. The third kappa shape index (κ3) is 5.23. The number of nitrogens with one attached hydrogen (secondary N) is 1. The standard InChI is InChI=1S/C11H18N2O3S/c1-3-16-11(15)9-6-17-7-10(13-9)12-5-4-8(2)14/h6,8,14H,3-5,7H2,1-2H3,(H,12,13). The zero-order valence-corrected chi connectivity index (χ0v) is 10.9. The third-order valence-electron chi connectivity index (χ3n) is 2.05. The summed E-state index contributed by atoms with van der Waals surface area (Å²) < 4.78 is 4.89. The Morgan fingerprint density at radius 2 is 2.53 bits per heavy atom. The maximum absolute atomic E-state index is 11.5. The van der Waals surface area contributed by atoms with E-state index in [1.165, 1.54) is 11.8 Å². The Balaban J connectivity index is 2.47. The highest BCUT2D eigenvalue weighted by Crippen LogP contribution is 2.13. The van der Waals surface area contributed by atoms with Crippen LogP contribution in [0.3, 0.4) is 0 Å². The summed E-state index contributed by atoms with van der Waals surface area (Å²) in [7, 11) is 0. The monoisotopic (exact) mass is 258 g/mol. The number of nitrogens with zero attached hydrogens (tertiary/aromatic N) is 1. The van der Waals surface area contributed by atoms with Gasteiger partial charge in [-0.05, 0) is 20.3 Å². The minimum Gasteiger partial charge on any atom is -0.461 e. The van der Waals surface area contributed by atoms with Crippen LogP contribution in [0.5, 0.6) is 0 Å². The van der Waals surface area contributed by atoms with Gasteiger partial charge in [-0.15, -0.1) is 11.8 Å². The molecule has 96 valence electrons. The second-order valence-electron chi connectivity index (χ2n) is 3.65. The predicted octanol–water partition coefficient (Wildman–Crippen LogP) is 0.897. The molecule has 0 aliphatic carbocycles. The van der Waals surface area contributed by atoms with Crippen molar-refractivity contribution in [3.05, 3.63) is 11.1 Å². The van der Waals surface area contributed by atoms with Gasteiger partial charge >= 0.3 is 5.97 Å². The summed E-state index contributed by atoms with van der Waals surface area (Å²) in [5, 5.41) is 13.8. The number of aliphatic hydroxyl groups excluding tert-OH is 1. The van der Waals surface area contributed by atoms with Gasteiger partial charge in [0.05, 0.1) is 18.5 Å². The predicted molar refractivity (Wildman–Crippen MR) is 68.9 cm³/mol. The highest BCUT2D eigenvalue weighted by Gasteiger charge is 2.16. The molecule has 1 rings (SSSR count). The van der Waals surface area contributed by atoms with E-state index in [2.05, 4.69) is 10.3 Å². The van der Waals surface area contributed by atoms with Crippen LogP contribution in [-0.2, 0) is 9.53 Å². The lowest BCUT2D eigenvalue weighted by atomic mass is 10.3. The number of hydrogen-bond donors (Lipinski definition) is 2. The quantitative estimate of drug-likeness (QED) is 0.717. The first kappa shape index (κ1) is 14.1. The van der Waals surface area contributed by atoms with Crippen LogP contribution in [0.25, 0.3) is 0 Å². The minimum atomic E-state index is -0.358. The van der Waals surface area contributed by atoms with E-state index in [-0.39, 0.29) is 12.1 Å². The van der Waals surface area contributed by atoms with Crippen LogP contribution in [0.1, 0.15) is 20.3 Å². The summed E-state index contributed by atoms with van der Waals surface area (Å²) in [6, 6.07) is 0. The number of rotatable bonds is 5. The third-order valence-corrected chi connectivity index (χ3v) is 2.89. The lowest BCUT2D eigenvalue weighted by molar-refractivity contribution is -0.138. The molecule has 2 N–H and O–H groups in total. The first-order chi connectivity index (χ1) is 8.13. The van der Waals surface area contributed by atoms with Crippen LogP contribution in [0, 0.1) is 0 Å². The van der Waals surface area contributed by atoms with Gasteiger partial charge in [-0.2, -0.15) is 0 Å². The number of amidine groups is 1. The van der Waals surface area contributed by atoms with Gasteiger partial charge in [-0.3, -0.25) is 4.99 Å². The molecule has 0 bridgehead atoms. The van der Waals surface area contributed by atoms with Crippen LogP contribution in [0.15, 0.2) is 16.1 Å². The van der Waals surface area contributed by atoms with Crippen molar-refractivity contribution in [3.63, 3.8) is 0 Å². The molecule has 0 aromatic heterocycles. The van der Waals surface area contributed by atoms with Crippen LogP contribution < -0.4 is 5.32 Å². The molecule has 1 unspecified atom stereocenters. The fourth-order valence-corrected chi connectivity index (χ4v) is 1.93. The average molecular weight is 258 g/mol. The molecule has 5 nitrogen and oxygen atoms in total. The van der Waals surface area contributed by atoms with Crippen LogP contribution in [0.2, 0.25) is 0 Å². The lowest BCUT2D eigenvalue weighted by Crippen LogP contribution is -2.32. The lowest BCUT2D eigenvalue weighted by Gasteiger charge is -2.16. The molecular weight excluding hydrogens is 240 g/mol. The molecule has 1 heterocycles. The second kappa shape index (κ2) is 7.34. The molecule has 1 aliphatic heterocycles. The van der Waals surface area contributed by atoms with Crippen molar-refractivity contribution in [1.29, 1.82) is 0 Å². The van der Waals surface area contributed by atoms with Gasteiger partial charge in [-0.1, -0.05) is 0 Å². The molecule has 1 atom stereocenters. The molecule has 0 saturated carbocycles. The number of thioether (sulfide) groups is 1. The summed E-state index contributed by atoms with van der Waals surface area (Å²) in [4.78, 5) is 15.8. The molecular formula is C11H18N2O3S. The number of ether oxygens (including phenoxy) is 1. The van der Waals surface area contributed by atoms with Gasteiger partial charge in [0, 0.05) is 12.0 Å². The maximum Gasteiger partial charge on any atom is 0.355 e. The summed E-state index contributed by atoms with van der Waals surface area (Å²) in [5.74, 6) is 1.10. The Hall–Kier alpha value is -1.01. The Bertz CT molecular complexity index is 327. The number of hydrogen-bond acceptors (Lipinski definition) is 5. The maximum atomic E-state index is 11.5. The topological polar surface area (TPSA) is 70.9 Å². The van der Waals surface area contributed by atoms with Crippen LogP contribution in [0.4, 0.5) is 0 Å². The Kier molecular flexibility index (Phi) is 6.07. The fraction of sp³-hybridized carbons (Fsp3) is 0.636. The number of esters is 1. The van der Waals surface area contributed by atoms with Gasteiger partial charge in [0.1, 0.15) is 11.5 Å². The van der Waals surface area contributed by atoms with E-state index in [1.54, 1.807) is 19.3 Å². The highest BCUT2D eigenvalue weighted by molar-refractivity contribution is 8.02. The van der Waals surface area contributed by atoms with Crippen LogP contribution >= 0.6 is 11.8 Å². The fourth-order valence-electron chi connectivity index (χ4n) is 1.20. The normalized spacial score (nSPS) is 19.5. The van der Waals surface area contributed by atoms with Gasteiger partial charge in [0.25, 0.3) is 0 Å². The summed E-state index contributed by atoms with van der Waals surface area (Å²) in [6.45, 7) is 4.41. The van der Waals surface area contributed by atoms with Gasteiger partial charge in [-0.25, -0.2) is 4.79 Å². The Morgan fingerprint density at radius 1 is 1.76 bits per heavy atom. The molecule has 1 aliphatic rings. The van der Waals surface area contributed by atoms with Crippen LogP contribution in [-0.4, -0.2) is 41.9 Å². The van der Waals surface area contributed by atoms with E-state index in [9.17, 15) is 4.79 Å². The molecule has 6 heteroatoms. The molecule has 0 radical (unpaired) electrons. The smallest absolute Gasteiger partial charge is 0.355 e. The van der Waals surface area contributed by atoms with Crippen molar-refractivity contribution in [2.45, 2.75) is 26.4 Å². The van der Waals surface area contributed by atoms with Crippen molar-refractivity contribution in [2.24, 2.45) is 4.99 Å². The first-order valence-corrected chi connectivity index (χ1v) is 6.65. The minimum absolute atomic E-state index is 0.351. The van der Waals surface area contributed by atoms with Crippen molar-refractivity contribution in [2.75, 3.05) is 18.9 Å². The first-order valence-electron chi connectivity index (χ1n) is 5.60. The van der Waals surface area contributed by atoms with E-state index in [4.69, 9.17) is 9.84 Å². The molecule has 17 heavy (non-hydrogen) atoms.